The molecule has 2 heterocycles. The molecule has 0 aliphatic heterocycles. The summed E-state index contributed by atoms with van der Waals surface area (Å²) in [4.78, 5) is 43.5. The standard InChI is InChI=1S/C21H20N2O5/c1-11-19(13(3)24)12(2)22-20(11)21(26)14(4)27-18(25)10-9-17-23-15-7-5-6-8-16(15)28-17/h5-10,14,22H,1-4H3/b10-9+/t14-/m0/s1. The average molecular weight is 380 g/mol. The van der Waals surface area contributed by atoms with Crippen molar-refractivity contribution in [1.82, 2.24) is 9.97 Å². The Bertz CT molecular complexity index is 1070. The van der Waals surface area contributed by atoms with Crippen molar-refractivity contribution in [2.45, 2.75) is 33.8 Å². The van der Waals surface area contributed by atoms with Crippen LogP contribution in [0.2, 0.25) is 0 Å². The molecule has 0 radical (unpaired) electrons. The molecule has 7 heteroatoms. The third-order valence-electron chi connectivity index (χ3n) is 4.37. The van der Waals surface area contributed by atoms with Crippen LogP contribution < -0.4 is 0 Å². The molecule has 3 aromatic rings. The first-order valence-electron chi connectivity index (χ1n) is 8.76. The first-order chi connectivity index (χ1) is 13.3. The van der Waals surface area contributed by atoms with Crippen LogP contribution in [0, 0.1) is 13.8 Å². The molecule has 3 rings (SSSR count). The largest absolute Gasteiger partial charge is 0.451 e. The third kappa shape index (κ3) is 3.78. The Morgan fingerprint density at radius 3 is 2.57 bits per heavy atom. The van der Waals surface area contributed by atoms with Crippen molar-refractivity contribution >= 4 is 34.7 Å². The molecule has 0 amide bonds. The number of Topliss-reactive ketones (excluding diaryl/α,β-unsaturated/α-hetero) is 2. The first kappa shape index (κ1) is 19.3. The van der Waals surface area contributed by atoms with Gasteiger partial charge in [0.2, 0.25) is 11.7 Å². The molecule has 0 bridgehead atoms. The number of carbonyl (C=O) groups excluding carboxylic acids is 3. The van der Waals surface area contributed by atoms with Crippen molar-refractivity contribution in [2.75, 3.05) is 0 Å². The van der Waals surface area contributed by atoms with E-state index < -0.39 is 17.9 Å². The Hall–Kier alpha value is -3.48. The van der Waals surface area contributed by atoms with E-state index in [4.69, 9.17) is 9.15 Å². The Kier molecular flexibility index (Phi) is 5.26. The van der Waals surface area contributed by atoms with Crippen LogP contribution in [-0.4, -0.2) is 33.6 Å². The molecule has 0 saturated carbocycles. The van der Waals surface area contributed by atoms with Gasteiger partial charge >= 0.3 is 5.97 Å². The second kappa shape index (κ2) is 7.64. The fourth-order valence-corrected chi connectivity index (χ4v) is 3.10. The molecule has 0 unspecified atom stereocenters. The van der Waals surface area contributed by atoms with E-state index in [1.54, 1.807) is 26.0 Å². The van der Waals surface area contributed by atoms with Crippen LogP contribution in [0.5, 0.6) is 0 Å². The third-order valence-corrected chi connectivity index (χ3v) is 4.37. The van der Waals surface area contributed by atoms with Gasteiger partial charge in [0, 0.05) is 23.4 Å². The van der Waals surface area contributed by atoms with Gasteiger partial charge in [0.05, 0.1) is 5.69 Å². The summed E-state index contributed by atoms with van der Waals surface area (Å²) in [5, 5.41) is 0. The number of hydrogen-bond donors (Lipinski definition) is 1. The Morgan fingerprint density at radius 1 is 1.21 bits per heavy atom. The van der Waals surface area contributed by atoms with Crippen LogP contribution in [0.15, 0.2) is 34.8 Å². The minimum atomic E-state index is -1.02. The number of oxazole rings is 1. The number of carbonyl (C=O) groups is 3. The summed E-state index contributed by atoms with van der Waals surface area (Å²) >= 11 is 0. The van der Waals surface area contributed by atoms with Crippen molar-refractivity contribution in [1.29, 1.82) is 0 Å². The van der Waals surface area contributed by atoms with E-state index in [0.717, 1.165) is 6.08 Å². The number of ether oxygens (including phenoxy) is 1. The number of fused-ring (bicyclic) bond motifs is 1. The van der Waals surface area contributed by atoms with Crippen LogP contribution >= 0.6 is 0 Å². The van der Waals surface area contributed by atoms with Crippen molar-refractivity contribution < 1.29 is 23.5 Å². The molecule has 0 fully saturated rings. The number of nitrogens with one attached hydrogen (secondary N) is 1. The number of hydrogen-bond acceptors (Lipinski definition) is 6. The van der Waals surface area contributed by atoms with Crippen molar-refractivity contribution in [3.05, 3.63) is 58.7 Å². The van der Waals surface area contributed by atoms with Gasteiger partial charge in [0.1, 0.15) is 5.52 Å². The highest BCUT2D eigenvalue weighted by atomic mass is 16.5. The second-order valence-corrected chi connectivity index (χ2v) is 6.48. The minimum absolute atomic E-state index is 0.129. The smallest absolute Gasteiger partial charge is 0.331 e. The Labute approximate surface area is 161 Å². The number of rotatable bonds is 6. The SMILES string of the molecule is CC(=O)c1c(C)[nH]c(C(=O)[C@H](C)OC(=O)/C=C/c2nc3ccccc3o2)c1C. The monoisotopic (exact) mass is 380 g/mol. The summed E-state index contributed by atoms with van der Waals surface area (Å²) in [6.07, 6.45) is 1.53. The topological polar surface area (TPSA) is 102 Å². The minimum Gasteiger partial charge on any atom is -0.451 e. The van der Waals surface area contributed by atoms with Gasteiger partial charge in [-0.25, -0.2) is 9.78 Å². The first-order valence-corrected chi connectivity index (χ1v) is 8.76. The summed E-state index contributed by atoms with van der Waals surface area (Å²) in [5.41, 5.74) is 3.21. The summed E-state index contributed by atoms with van der Waals surface area (Å²) in [7, 11) is 0. The zero-order chi connectivity index (χ0) is 20.4. The number of H-pyrrole nitrogens is 1. The molecule has 28 heavy (non-hydrogen) atoms. The fourth-order valence-electron chi connectivity index (χ4n) is 3.10. The van der Waals surface area contributed by atoms with E-state index in [1.165, 1.54) is 19.9 Å². The number of benzene rings is 1. The number of ketones is 2. The van der Waals surface area contributed by atoms with Crippen LogP contribution in [-0.2, 0) is 9.53 Å². The Morgan fingerprint density at radius 2 is 1.93 bits per heavy atom. The lowest BCUT2D eigenvalue weighted by Crippen LogP contribution is -2.24. The van der Waals surface area contributed by atoms with Gasteiger partial charge in [-0.1, -0.05) is 12.1 Å². The quantitative estimate of drug-likeness (QED) is 0.396. The molecular formula is C21H20N2O5. The Balaban J connectivity index is 1.69. The highest BCUT2D eigenvalue weighted by Gasteiger charge is 2.25. The normalized spacial score (nSPS) is 12.4. The van der Waals surface area contributed by atoms with Gasteiger partial charge in [-0.3, -0.25) is 9.59 Å². The van der Waals surface area contributed by atoms with E-state index in [9.17, 15) is 14.4 Å². The molecule has 0 aliphatic carbocycles. The summed E-state index contributed by atoms with van der Waals surface area (Å²) in [6, 6.07) is 7.23. The van der Waals surface area contributed by atoms with E-state index in [2.05, 4.69) is 9.97 Å². The molecule has 7 nitrogen and oxygen atoms in total. The maximum absolute atomic E-state index is 12.6. The molecule has 1 atom stereocenters. The van der Waals surface area contributed by atoms with E-state index in [0.29, 0.717) is 27.9 Å². The number of esters is 1. The lowest BCUT2D eigenvalue weighted by Gasteiger charge is -2.10. The zero-order valence-electron chi connectivity index (χ0n) is 16.0. The summed E-state index contributed by atoms with van der Waals surface area (Å²) in [6.45, 7) is 6.34. The van der Waals surface area contributed by atoms with Gasteiger partial charge < -0.3 is 14.1 Å². The predicted octanol–water partition coefficient (Wildman–Crippen LogP) is 3.80. The van der Waals surface area contributed by atoms with Gasteiger partial charge in [-0.15, -0.1) is 0 Å². The number of nitrogens with zero attached hydrogens (tertiary/aromatic N) is 1. The van der Waals surface area contributed by atoms with Gasteiger partial charge in [0.25, 0.3) is 0 Å². The maximum atomic E-state index is 12.6. The predicted molar refractivity (Wildman–Crippen MR) is 103 cm³/mol. The lowest BCUT2D eigenvalue weighted by molar-refractivity contribution is -0.140. The van der Waals surface area contributed by atoms with Gasteiger partial charge in [-0.2, -0.15) is 0 Å². The van der Waals surface area contributed by atoms with Crippen LogP contribution in [0.3, 0.4) is 0 Å². The molecule has 2 aromatic heterocycles. The van der Waals surface area contributed by atoms with Gasteiger partial charge in [-0.05, 0) is 45.4 Å². The summed E-state index contributed by atoms with van der Waals surface area (Å²) in [5.74, 6) is -0.970. The lowest BCUT2D eigenvalue weighted by atomic mass is 10.0. The highest BCUT2D eigenvalue weighted by molar-refractivity contribution is 6.05. The van der Waals surface area contributed by atoms with Gasteiger partial charge in [0.15, 0.2) is 17.5 Å². The van der Waals surface area contributed by atoms with E-state index in [1.807, 2.05) is 12.1 Å². The molecule has 0 spiro atoms. The van der Waals surface area contributed by atoms with Crippen molar-refractivity contribution in [3.63, 3.8) is 0 Å². The maximum Gasteiger partial charge on any atom is 0.331 e. The van der Waals surface area contributed by atoms with E-state index in [-0.39, 0.29) is 17.4 Å². The molecule has 0 aliphatic rings. The number of para-hydroxylation sites is 2. The molecule has 1 aromatic carbocycles. The van der Waals surface area contributed by atoms with E-state index >= 15 is 0 Å². The van der Waals surface area contributed by atoms with Crippen LogP contribution in [0.1, 0.15) is 51.8 Å². The number of aromatic amines is 1. The fraction of sp³-hybridized carbons (Fsp3) is 0.238. The zero-order valence-corrected chi connectivity index (χ0v) is 16.0. The molecule has 1 N–H and O–H groups in total. The molecular weight excluding hydrogens is 360 g/mol. The van der Waals surface area contributed by atoms with Crippen LogP contribution in [0.4, 0.5) is 0 Å². The second-order valence-electron chi connectivity index (χ2n) is 6.48. The van der Waals surface area contributed by atoms with Crippen molar-refractivity contribution in [2.24, 2.45) is 0 Å². The molecule has 144 valence electrons. The number of aryl methyl sites for hydroxylation is 1. The van der Waals surface area contributed by atoms with Crippen LogP contribution in [0.25, 0.3) is 17.2 Å². The highest BCUT2D eigenvalue weighted by Crippen LogP contribution is 2.20. The number of aromatic nitrogens is 2. The summed E-state index contributed by atoms with van der Waals surface area (Å²) < 4.78 is 10.7. The molecule has 0 saturated heterocycles. The average Bonchev–Trinajstić information content (AvgIpc) is 3.19. The van der Waals surface area contributed by atoms with Crippen molar-refractivity contribution in [3.8, 4) is 0 Å².